The van der Waals surface area contributed by atoms with E-state index in [0.29, 0.717) is 0 Å². The number of nitrogens with one attached hydrogen (secondary N) is 1. The van der Waals surface area contributed by atoms with Gasteiger partial charge in [-0.3, -0.25) is 0 Å². The van der Waals surface area contributed by atoms with Crippen LogP contribution in [0.1, 0.15) is 69.4 Å². The molecule has 0 saturated heterocycles. The molecule has 0 aliphatic heterocycles. The number of rotatable bonds is 9. The van der Waals surface area contributed by atoms with Gasteiger partial charge in [0.15, 0.2) is 0 Å². The zero-order chi connectivity index (χ0) is 13.5. The molecule has 1 nitrogen and oxygen atoms in total. The third-order valence-electron chi connectivity index (χ3n) is 4.33. The zero-order valence-electron chi connectivity index (χ0n) is 12.6. The van der Waals surface area contributed by atoms with E-state index in [2.05, 4.69) is 43.4 Å². The first kappa shape index (κ1) is 14.6. The van der Waals surface area contributed by atoms with Crippen LogP contribution in [-0.4, -0.2) is 6.54 Å². The minimum Gasteiger partial charge on any atom is -0.312 e. The van der Waals surface area contributed by atoms with Gasteiger partial charge < -0.3 is 5.32 Å². The molecule has 0 amide bonds. The second-order valence-electron chi connectivity index (χ2n) is 6.06. The normalized spacial score (nSPS) is 16.5. The maximum Gasteiger partial charge on any atom is 0.0205 e. The smallest absolute Gasteiger partial charge is 0.0205 e. The molecule has 1 heteroatoms. The Labute approximate surface area is 118 Å². The van der Waals surface area contributed by atoms with Gasteiger partial charge in [-0.1, -0.05) is 57.4 Å². The van der Waals surface area contributed by atoms with Gasteiger partial charge in [-0.2, -0.15) is 0 Å². The van der Waals surface area contributed by atoms with E-state index in [1.165, 1.54) is 56.2 Å². The molecule has 1 aliphatic rings. The molecule has 1 atom stereocenters. The molecule has 1 unspecified atom stereocenters. The van der Waals surface area contributed by atoms with Gasteiger partial charge in [0.25, 0.3) is 0 Å². The van der Waals surface area contributed by atoms with Crippen LogP contribution in [0.15, 0.2) is 24.3 Å². The molecule has 2 rings (SSSR count). The second-order valence-corrected chi connectivity index (χ2v) is 6.06. The van der Waals surface area contributed by atoms with Crippen molar-refractivity contribution in [3.8, 4) is 0 Å². The minimum absolute atomic E-state index is 0.852. The van der Waals surface area contributed by atoms with Crippen molar-refractivity contribution >= 4 is 0 Å². The van der Waals surface area contributed by atoms with E-state index < -0.39 is 0 Å². The maximum atomic E-state index is 3.63. The molecule has 0 radical (unpaired) electrons. The van der Waals surface area contributed by atoms with E-state index in [1.54, 1.807) is 0 Å². The first-order valence-electron chi connectivity index (χ1n) is 8.13. The lowest BCUT2D eigenvalue weighted by molar-refractivity contribution is 0.419. The molecule has 0 spiro atoms. The minimum atomic E-state index is 0.852. The van der Waals surface area contributed by atoms with Crippen molar-refractivity contribution in [2.24, 2.45) is 5.92 Å². The third-order valence-corrected chi connectivity index (χ3v) is 4.33. The van der Waals surface area contributed by atoms with Crippen LogP contribution in [0.2, 0.25) is 0 Å². The lowest BCUT2D eigenvalue weighted by Crippen LogP contribution is -2.22. The highest BCUT2D eigenvalue weighted by Gasteiger charge is 2.22. The summed E-state index contributed by atoms with van der Waals surface area (Å²) in [7, 11) is 0. The molecule has 1 aromatic carbocycles. The summed E-state index contributed by atoms with van der Waals surface area (Å²) in [5.41, 5.74) is 2.97. The standard InChI is InChI=1S/C18H29N/c1-3-5-6-15(4-2)13-19-14-16-7-9-17(10-8-16)18-11-12-18/h7-10,15,18-19H,3-6,11-14H2,1-2H3. The van der Waals surface area contributed by atoms with Crippen LogP contribution in [0.5, 0.6) is 0 Å². The first-order valence-corrected chi connectivity index (χ1v) is 8.13. The average molecular weight is 259 g/mol. The van der Waals surface area contributed by atoms with Crippen LogP contribution in [0.25, 0.3) is 0 Å². The maximum absolute atomic E-state index is 3.63. The van der Waals surface area contributed by atoms with Crippen molar-refractivity contribution in [3.63, 3.8) is 0 Å². The molecule has 0 aromatic heterocycles. The van der Waals surface area contributed by atoms with Crippen LogP contribution >= 0.6 is 0 Å². The van der Waals surface area contributed by atoms with E-state index in [4.69, 9.17) is 0 Å². The SMILES string of the molecule is CCCCC(CC)CNCc1ccc(C2CC2)cc1. The van der Waals surface area contributed by atoms with Gasteiger partial charge in [0.05, 0.1) is 0 Å². The van der Waals surface area contributed by atoms with E-state index >= 15 is 0 Å². The molecular weight excluding hydrogens is 230 g/mol. The van der Waals surface area contributed by atoms with Crippen LogP contribution in [0.3, 0.4) is 0 Å². The van der Waals surface area contributed by atoms with Gasteiger partial charge in [-0.15, -0.1) is 0 Å². The van der Waals surface area contributed by atoms with E-state index in [0.717, 1.165) is 18.4 Å². The second kappa shape index (κ2) is 7.69. The fourth-order valence-electron chi connectivity index (χ4n) is 2.69. The molecule has 0 heterocycles. The summed E-state index contributed by atoms with van der Waals surface area (Å²) >= 11 is 0. The van der Waals surface area contributed by atoms with Gasteiger partial charge >= 0.3 is 0 Å². The molecule has 1 fully saturated rings. The average Bonchev–Trinajstić information content (AvgIpc) is 3.28. The number of benzene rings is 1. The Balaban J connectivity index is 1.69. The summed E-state index contributed by atoms with van der Waals surface area (Å²) in [5, 5.41) is 3.63. The lowest BCUT2D eigenvalue weighted by Gasteiger charge is -2.15. The van der Waals surface area contributed by atoms with E-state index in [-0.39, 0.29) is 0 Å². The Bertz CT molecular complexity index is 350. The van der Waals surface area contributed by atoms with Crippen molar-refractivity contribution in [1.29, 1.82) is 0 Å². The predicted octanol–water partition coefficient (Wildman–Crippen LogP) is 4.87. The highest BCUT2D eigenvalue weighted by molar-refractivity contribution is 5.27. The van der Waals surface area contributed by atoms with Gasteiger partial charge in [0.2, 0.25) is 0 Å². The van der Waals surface area contributed by atoms with Crippen molar-refractivity contribution < 1.29 is 0 Å². The summed E-state index contributed by atoms with van der Waals surface area (Å²) in [6.07, 6.45) is 8.16. The highest BCUT2D eigenvalue weighted by atomic mass is 14.9. The van der Waals surface area contributed by atoms with Gasteiger partial charge in [0, 0.05) is 6.54 Å². The van der Waals surface area contributed by atoms with Crippen LogP contribution in [0.4, 0.5) is 0 Å². The van der Waals surface area contributed by atoms with Crippen LogP contribution in [-0.2, 0) is 6.54 Å². The van der Waals surface area contributed by atoms with E-state index in [9.17, 15) is 0 Å². The van der Waals surface area contributed by atoms with Crippen molar-refractivity contribution in [3.05, 3.63) is 35.4 Å². The molecule has 106 valence electrons. The predicted molar refractivity (Wildman–Crippen MR) is 83.4 cm³/mol. The summed E-state index contributed by atoms with van der Waals surface area (Å²) in [4.78, 5) is 0. The summed E-state index contributed by atoms with van der Waals surface area (Å²) in [6, 6.07) is 9.24. The van der Waals surface area contributed by atoms with Crippen LogP contribution < -0.4 is 5.32 Å². The number of unbranched alkanes of at least 4 members (excludes halogenated alkanes) is 1. The van der Waals surface area contributed by atoms with Gasteiger partial charge in [-0.05, 0) is 48.8 Å². The van der Waals surface area contributed by atoms with E-state index in [1.807, 2.05) is 0 Å². The topological polar surface area (TPSA) is 12.0 Å². The van der Waals surface area contributed by atoms with Crippen molar-refractivity contribution in [1.82, 2.24) is 5.32 Å². The van der Waals surface area contributed by atoms with Gasteiger partial charge in [0.1, 0.15) is 0 Å². The van der Waals surface area contributed by atoms with Crippen LogP contribution in [0, 0.1) is 5.92 Å². The first-order chi connectivity index (χ1) is 9.33. The molecule has 0 bridgehead atoms. The molecule has 1 aromatic rings. The quantitative estimate of drug-likeness (QED) is 0.667. The lowest BCUT2D eigenvalue weighted by atomic mass is 9.99. The monoisotopic (exact) mass is 259 g/mol. The van der Waals surface area contributed by atoms with Gasteiger partial charge in [-0.25, -0.2) is 0 Å². The van der Waals surface area contributed by atoms with Crippen molar-refractivity contribution in [2.75, 3.05) is 6.54 Å². The molecular formula is C18H29N. The Morgan fingerprint density at radius 1 is 1.16 bits per heavy atom. The molecule has 1 saturated carbocycles. The zero-order valence-corrected chi connectivity index (χ0v) is 12.6. The van der Waals surface area contributed by atoms with Crippen molar-refractivity contribution in [2.45, 2.75) is 64.8 Å². The molecule has 19 heavy (non-hydrogen) atoms. The Hall–Kier alpha value is -0.820. The number of hydrogen-bond acceptors (Lipinski definition) is 1. The fourth-order valence-corrected chi connectivity index (χ4v) is 2.69. The summed E-state index contributed by atoms with van der Waals surface area (Å²) in [5.74, 6) is 1.73. The third kappa shape index (κ3) is 4.99. The fraction of sp³-hybridized carbons (Fsp3) is 0.667. The largest absolute Gasteiger partial charge is 0.312 e. The Morgan fingerprint density at radius 2 is 1.89 bits per heavy atom. The Morgan fingerprint density at radius 3 is 2.47 bits per heavy atom. The highest BCUT2D eigenvalue weighted by Crippen LogP contribution is 2.39. The molecule has 1 aliphatic carbocycles. The Kier molecular flexibility index (Phi) is 5.91. The summed E-state index contributed by atoms with van der Waals surface area (Å²) in [6.45, 7) is 6.78. The summed E-state index contributed by atoms with van der Waals surface area (Å²) < 4.78 is 0. The number of hydrogen-bond donors (Lipinski definition) is 1. The molecule has 1 N–H and O–H groups in total.